The second kappa shape index (κ2) is 7.59. The Morgan fingerprint density at radius 1 is 1.09 bits per heavy atom. The maximum atomic E-state index is 12.4. The van der Waals surface area contributed by atoms with Gasteiger partial charge in [0.05, 0.1) is 12.0 Å². The third-order valence-electron chi connectivity index (χ3n) is 3.62. The van der Waals surface area contributed by atoms with Gasteiger partial charge in [-0.3, -0.25) is 0 Å². The smallest absolute Gasteiger partial charge is 0.240 e. The highest BCUT2D eigenvalue weighted by Crippen LogP contribution is 2.22. The van der Waals surface area contributed by atoms with Crippen molar-refractivity contribution in [1.29, 1.82) is 0 Å². The summed E-state index contributed by atoms with van der Waals surface area (Å²) in [7, 11) is 1.93. The number of nitrogens with zero attached hydrogens (tertiary/aromatic N) is 1. The van der Waals surface area contributed by atoms with E-state index < -0.39 is 10.0 Å². The van der Waals surface area contributed by atoms with Gasteiger partial charge < -0.3 is 9.64 Å². The van der Waals surface area contributed by atoms with Crippen LogP contribution in [0.5, 0.6) is 5.75 Å². The van der Waals surface area contributed by atoms with Crippen LogP contribution in [0.3, 0.4) is 0 Å². The fourth-order valence-corrected chi connectivity index (χ4v) is 3.38. The Bertz CT molecular complexity index is 731. The predicted octanol–water partition coefficient (Wildman–Crippen LogP) is 2.28. The van der Waals surface area contributed by atoms with Gasteiger partial charge in [0.15, 0.2) is 0 Å². The summed E-state index contributed by atoms with van der Waals surface area (Å²) in [6.07, 6.45) is 0. The van der Waals surface area contributed by atoms with Crippen LogP contribution >= 0.6 is 0 Å². The molecule has 1 unspecified atom stereocenters. The van der Waals surface area contributed by atoms with Gasteiger partial charge >= 0.3 is 0 Å². The third-order valence-corrected chi connectivity index (χ3v) is 5.06. The molecule has 124 valence electrons. The molecule has 0 aliphatic carbocycles. The molecule has 2 rings (SSSR count). The first kappa shape index (κ1) is 17.5. The summed E-state index contributed by atoms with van der Waals surface area (Å²) in [5.74, 6) is 0.750. The molecule has 1 N–H and O–H groups in total. The highest BCUT2D eigenvalue weighted by Gasteiger charge is 2.19. The highest BCUT2D eigenvalue weighted by atomic mass is 32.2. The lowest BCUT2D eigenvalue weighted by Crippen LogP contribution is -2.34. The lowest BCUT2D eigenvalue weighted by molar-refractivity contribution is 0.298. The zero-order chi connectivity index (χ0) is 16.9. The molecule has 1 atom stereocenters. The molecule has 0 saturated heterocycles. The number of methoxy groups -OCH3 is 1. The minimum absolute atomic E-state index is 0.0939. The number of hydrogen-bond donors (Lipinski definition) is 1. The molecule has 0 spiro atoms. The van der Waals surface area contributed by atoms with Crippen molar-refractivity contribution in [2.45, 2.75) is 10.9 Å². The molecule has 0 aliphatic heterocycles. The maximum Gasteiger partial charge on any atom is 0.240 e. The van der Waals surface area contributed by atoms with Crippen molar-refractivity contribution in [3.63, 3.8) is 0 Å². The minimum Gasteiger partial charge on any atom is -0.497 e. The van der Waals surface area contributed by atoms with E-state index in [4.69, 9.17) is 4.74 Å². The van der Waals surface area contributed by atoms with E-state index in [1.54, 1.807) is 37.4 Å². The van der Waals surface area contributed by atoms with Crippen molar-refractivity contribution < 1.29 is 13.2 Å². The van der Waals surface area contributed by atoms with Gasteiger partial charge in [0, 0.05) is 12.6 Å². The van der Waals surface area contributed by atoms with E-state index in [1.807, 2.05) is 43.3 Å². The Morgan fingerprint density at radius 2 is 1.78 bits per heavy atom. The normalized spacial score (nSPS) is 13.0. The average molecular weight is 334 g/mol. The Balaban J connectivity index is 2.17. The molecule has 0 heterocycles. The maximum absolute atomic E-state index is 12.4. The van der Waals surface area contributed by atoms with E-state index in [0.717, 1.165) is 11.3 Å². The van der Waals surface area contributed by atoms with E-state index in [2.05, 4.69) is 4.72 Å². The van der Waals surface area contributed by atoms with Gasteiger partial charge in [-0.25, -0.2) is 13.1 Å². The van der Waals surface area contributed by atoms with E-state index in [9.17, 15) is 8.42 Å². The highest BCUT2D eigenvalue weighted by molar-refractivity contribution is 7.89. The fraction of sp³-hybridized carbons (Fsp3) is 0.294. The van der Waals surface area contributed by atoms with Gasteiger partial charge in [-0.05, 0) is 43.9 Å². The van der Waals surface area contributed by atoms with Crippen molar-refractivity contribution in [1.82, 2.24) is 9.62 Å². The lowest BCUT2D eigenvalue weighted by atomic mass is 10.1. The van der Waals surface area contributed by atoms with Crippen LogP contribution in [-0.2, 0) is 10.0 Å². The Kier molecular flexibility index (Phi) is 5.76. The average Bonchev–Trinajstić information content (AvgIpc) is 2.55. The summed E-state index contributed by atoms with van der Waals surface area (Å²) < 4.78 is 32.6. The largest absolute Gasteiger partial charge is 0.497 e. The van der Waals surface area contributed by atoms with Crippen LogP contribution in [0.1, 0.15) is 11.6 Å². The van der Waals surface area contributed by atoms with Crippen molar-refractivity contribution in [2.75, 3.05) is 27.7 Å². The number of nitrogens with one attached hydrogen (secondary N) is 1. The van der Waals surface area contributed by atoms with Gasteiger partial charge in [0.2, 0.25) is 10.0 Å². The lowest BCUT2D eigenvalue weighted by Gasteiger charge is -2.25. The van der Waals surface area contributed by atoms with E-state index in [0.29, 0.717) is 0 Å². The van der Waals surface area contributed by atoms with Crippen LogP contribution in [0.25, 0.3) is 0 Å². The molecular weight excluding hydrogens is 312 g/mol. The van der Waals surface area contributed by atoms with E-state index >= 15 is 0 Å². The molecule has 0 amide bonds. The molecule has 23 heavy (non-hydrogen) atoms. The molecule has 0 aromatic heterocycles. The van der Waals surface area contributed by atoms with Crippen molar-refractivity contribution in [2.24, 2.45) is 0 Å². The Hall–Kier alpha value is -1.89. The van der Waals surface area contributed by atoms with E-state index in [1.165, 1.54) is 0 Å². The molecule has 2 aromatic rings. The van der Waals surface area contributed by atoms with Crippen LogP contribution in [0.15, 0.2) is 59.5 Å². The van der Waals surface area contributed by atoms with Crippen LogP contribution in [0.2, 0.25) is 0 Å². The quantitative estimate of drug-likeness (QED) is 0.844. The van der Waals surface area contributed by atoms with Crippen LogP contribution < -0.4 is 9.46 Å². The van der Waals surface area contributed by atoms with Crippen LogP contribution in [-0.4, -0.2) is 41.1 Å². The number of ether oxygens (including phenoxy) is 1. The number of hydrogen-bond acceptors (Lipinski definition) is 4. The van der Waals surface area contributed by atoms with Crippen molar-refractivity contribution in [3.8, 4) is 5.75 Å². The monoisotopic (exact) mass is 334 g/mol. The molecule has 0 saturated carbocycles. The SMILES string of the molecule is COc1cccc(C(CNS(=O)(=O)c2ccccc2)N(C)C)c1. The summed E-state index contributed by atoms with van der Waals surface area (Å²) in [5, 5.41) is 0. The second-order valence-electron chi connectivity index (χ2n) is 5.42. The predicted molar refractivity (Wildman–Crippen MR) is 91.1 cm³/mol. The first-order chi connectivity index (χ1) is 10.9. The fourth-order valence-electron chi connectivity index (χ4n) is 2.32. The summed E-state index contributed by atoms with van der Waals surface area (Å²) in [6.45, 7) is 0.275. The van der Waals surface area contributed by atoms with Gasteiger partial charge in [0.1, 0.15) is 5.75 Å². The summed E-state index contributed by atoms with van der Waals surface area (Å²) in [6, 6.07) is 15.9. The van der Waals surface area contributed by atoms with Gasteiger partial charge in [-0.15, -0.1) is 0 Å². The second-order valence-corrected chi connectivity index (χ2v) is 7.19. The molecule has 0 aliphatic rings. The van der Waals surface area contributed by atoms with Crippen molar-refractivity contribution in [3.05, 3.63) is 60.2 Å². The minimum atomic E-state index is -3.52. The van der Waals surface area contributed by atoms with Crippen LogP contribution in [0.4, 0.5) is 0 Å². The molecule has 0 bridgehead atoms. The molecule has 2 aromatic carbocycles. The molecule has 0 fully saturated rings. The van der Waals surface area contributed by atoms with Crippen LogP contribution in [0, 0.1) is 0 Å². The van der Waals surface area contributed by atoms with Gasteiger partial charge in [0.25, 0.3) is 0 Å². The number of likely N-dealkylation sites (N-methyl/N-ethyl adjacent to an activating group) is 1. The Morgan fingerprint density at radius 3 is 2.39 bits per heavy atom. The number of rotatable bonds is 7. The number of sulfonamides is 1. The molecule has 5 nitrogen and oxygen atoms in total. The molecule has 0 radical (unpaired) electrons. The first-order valence-electron chi connectivity index (χ1n) is 7.29. The zero-order valence-electron chi connectivity index (χ0n) is 13.6. The third kappa shape index (κ3) is 4.54. The topological polar surface area (TPSA) is 58.6 Å². The molecular formula is C17H22N2O3S. The zero-order valence-corrected chi connectivity index (χ0v) is 14.4. The van der Waals surface area contributed by atoms with Gasteiger partial charge in [-0.1, -0.05) is 30.3 Å². The summed E-state index contributed by atoms with van der Waals surface area (Å²) in [5.41, 5.74) is 0.991. The summed E-state index contributed by atoms with van der Waals surface area (Å²) in [4.78, 5) is 2.24. The Labute approximate surface area is 137 Å². The number of benzene rings is 2. The van der Waals surface area contributed by atoms with Gasteiger partial charge in [-0.2, -0.15) is 0 Å². The van der Waals surface area contributed by atoms with E-state index in [-0.39, 0.29) is 17.5 Å². The summed E-state index contributed by atoms with van der Waals surface area (Å²) >= 11 is 0. The van der Waals surface area contributed by atoms with Crippen molar-refractivity contribution >= 4 is 10.0 Å². The first-order valence-corrected chi connectivity index (χ1v) is 8.77. The standard InChI is InChI=1S/C17H22N2O3S/c1-19(2)17(14-8-7-9-15(12-14)22-3)13-18-23(20,21)16-10-5-4-6-11-16/h4-12,17-18H,13H2,1-3H3. The molecule has 6 heteroatoms.